The van der Waals surface area contributed by atoms with Crippen LogP contribution in [0.2, 0.25) is 0 Å². The molecule has 0 fully saturated rings. The van der Waals surface area contributed by atoms with Gasteiger partial charge in [-0.1, -0.05) is 18.2 Å². The van der Waals surface area contributed by atoms with Crippen LogP contribution in [-0.4, -0.2) is 27.4 Å². The van der Waals surface area contributed by atoms with Crippen molar-refractivity contribution in [3.05, 3.63) is 64.3 Å². The summed E-state index contributed by atoms with van der Waals surface area (Å²) in [7, 11) is 0. The number of aromatic nitrogens is 2. The minimum absolute atomic E-state index is 0.149. The molecule has 0 atom stereocenters. The fraction of sp³-hybridized carbons (Fsp3) is 0.273. The van der Waals surface area contributed by atoms with E-state index in [0.717, 1.165) is 16.1 Å². The molecular formula is C22H23FN4O4. The molecule has 0 unspecified atom stereocenters. The highest BCUT2D eigenvalue weighted by Crippen LogP contribution is 2.21. The van der Waals surface area contributed by atoms with Crippen molar-refractivity contribution in [2.75, 3.05) is 10.6 Å². The zero-order valence-electron chi connectivity index (χ0n) is 17.7. The molecular weight excluding hydrogens is 403 g/mol. The van der Waals surface area contributed by atoms with E-state index in [4.69, 9.17) is 4.74 Å². The highest BCUT2D eigenvalue weighted by Gasteiger charge is 2.18. The highest BCUT2D eigenvalue weighted by atomic mass is 19.1. The third-order valence-corrected chi connectivity index (χ3v) is 4.23. The van der Waals surface area contributed by atoms with Crippen LogP contribution >= 0.6 is 0 Å². The van der Waals surface area contributed by atoms with Gasteiger partial charge < -0.3 is 10.1 Å². The predicted molar refractivity (Wildman–Crippen MR) is 116 cm³/mol. The molecule has 0 saturated heterocycles. The molecule has 0 saturated carbocycles. The normalized spacial score (nSPS) is 11.3. The molecule has 0 aliphatic carbocycles. The van der Waals surface area contributed by atoms with E-state index in [1.807, 2.05) is 6.07 Å². The maximum atomic E-state index is 14.1. The highest BCUT2D eigenvalue weighted by molar-refractivity contribution is 5.92. The monoisotopic (exact) mass is 426 g/mol. The van der Waals surface area contributed by atoms with Crippen LogP contribution in [0.3, 0.4) is 0 Å². The summed E-state index contributed by atoms with van der Waals surface area (Å²) in [5.74, 6) is -1.22. The van der Waals surface area contributed by atoms with Gasteiger partial charge in [-0.05, 0) is 52.0 Å². The van der Waals surface area contributed by atoms with Crippen molar-refractivity contribution in [2.24, 2.45) is 0 Å². The first kappa shape index (κ1) is 21.9. The molecule has 2 amide bonds. The predicted octanol–water partition coefficient (Wildman–Crippen LogP) is 3.83. The minimum atomic E-state index is -0.822. The van der Waals surface area contributed by atoms with Crippen molar-refractivity contribution in [3.8, 4) is 0 Å². The summed E-state index contributed by atoms with van der Waals surface area (Å²) >= 11 is 0. The summed E-state index contributed by atoms with van der Waals surface area (Å²) in [6.45, 7) is 6.49. The summed E-state index contributed by atoms with van der Waals surface area (Å²) < 4.78 is 20.2. The van der Waals surface area contributed by atoms with Gasteiger partial charge in [0.2, 0.25) is 5.91 Å². The Morgan fingerprint density at radius 3 is 2.45 bits per heavy atom. The molecule has 3 rings (SSSR count). The maximum Gasteiger partial charge on any atom is 0.412 e. The third-order valence-electron chi connectivity index (χ3n) is 4.23. The molecule has 0 aliphatic heterocycles. The summed E-state index contributed by atoms with van der Waals surface area (Å²) in [4.78, 5) is 37.0. The minimum Gasteiger partial charge on any atom is -0.444 e. The molecule has 0 bridgehead atoms. The van der Waals surface area contributed by atoms with Crippen molar-refractivity contribution < 1.29 is 18.7 Å². The Morgan fingerprint density at radius 2 is 1.77 bits per heavy atom. The lowest BCUT2D eigenvalue weighted by Gasteiger charge is -2.20. The van der Waals surface area contributed by atoms with Crippen LogP contribution in [0.4, 0.5) is 20.6 Å². The first-order chi connectivity index (χ1) is 14.5. The molecule has 3 aromatic rings. The molecule has 0 spiro atoms. The van der Waals surface area contributed by atoms with Gasteiger partial charge in [-0.2, -0.15) is 5.10 Å². The number of hydrogen-bond donors (Lipinski definition) is 2. The fourth-order valence-electron chi connectivity index (χ4n) is 2.96. The van der Waals surface area contributed by atoms with Crippen LogP contribution in [0.15, 0.2) is 47.3 Å². The van der Waals surface area contributed by atoms with E-state index in [0.29, 0.717) is 11.1 Å². The van der Waals surface area contributed by atoms with E-state index in [2.05, 4.69) is 15.7 Å². The molecule has 9 heteroatoms. The number of carbonyl (C=O) groups is 2. The van der Waals surface area contributed by atoms with Crippen LogP contribution in [0, 0.1) is 12.7 Å². The Bertz CT molecular complexity index is 1210. The summed E-state index contributed by atoms with van der Waals surface area (Å²) in [6, 6.07) is 10.7. The molecule has 0 aliphatic rings. The van der Waals surface area contributed by atoms with Crippen molar-refractivity contribution >= 4 is 34.1 Å². The van der Waals surface area contributed by atoms with Crippen molar-refractivity contribution in [1.82, 2.24) is 9.78 Å². The van der Waals surface area contributed by atoms with Gasteiger partial charge in [-0.15, -0.1) is 0 Å². The molecule has 1 heterocycles. The molecule has 0 radical (unpaired) electrons. The van der Waals surface area contributed by atoms with Crippen LogP contribution < -0.4 is 16.2 Å². The lowest BCUT2D eigenvalue weighted by atomic mass is 10.1. The summed E-state index contributed by atoms with van der Waals surface area (Å²) in [5.41, 5.74) is -0.423. The Labute approximate surface area is 178 Å². The number of nitrogens with zero attached hydrogens (tertiary/aromatic N) is 2. The fourth-order valence-corrected chi connectivity index (χ4v) is 2.96. The average molecular weight is 426 g/mol. The van der Waals surface area contributed by atoms with Gasteiger partial charge in [0.15, 0.2) is 0 Å². The lowest BCUT2D eigenvalue weighted by molar-refractivity contribution is -0.117. The quantitative estimate of drug-likeness (QED) is 0.660. The number of ether oxygens (including phenoxy) is 1. The number of benzene rings is 2. The number of anilines is 2. The first-order valence-electron chi connectivity index (χ1n) is 9.59. The Balaban J connectivity index is 1.76. The number of carbonyl (C=O) groups excluding carboxylic acids is 2. The Kier molecular flexibility index (Phi) is 6.05. The van der Waals surface area contributed by atoms with E-state index in [9.17, 15) is 18.8 Å². The van der Waals surface area contributed by atoms with Crippen LogP contribution in [0.1, 0.15) is 26.5 Å². The van der Waals surface area contributed by atoms with Gasteiger partial charge in [-0.3, -0.25) is 14.9 Å². The van der Waals surface area contributed by atoms with E-state index >= 15 is 0 Å². The number of aryl methyl sites for hydroxylation is 1. The average Bonchev–Trinajstić information content (AvgIpc) is 2.67. The van der Waals surface area contributed by atoms with E-state index in [1.165, 1.54) is 12.1 Å². The van der Waals surface area contributed by atoms with Crippen molar-refractivity contribution in [2.45, 2.75) is 39.8 Å². The van der Waals surface area contributed by atoms with Gasteiger partial charge >= 0.3 is 6.09 Å². The zero-order valence-corrected chi connectivity index (χ0v) is 17.7. The summed E-state index contributed by atoms with van der Waals surface area (Å²) in [6.07, 6.45) is -0.822. The smallest absolute Gasteiger partial charge is 0.412 e. The second kappa shape index (κ2) is 8.55. The number of amides is 2. The van der Waals surface area contributed by atoms with Crippen LogP contribution in [-0.2, 0) is 16.1 Å². The number of fused-ring (bicyclic) bond motifs is 1. The topological polar surface area (TPSA) is 102 Å². The van der Waals surface area contributed by atoms with Gasteiger partial charge in [0.05, 0.1) is 16.8 Å². The Morgan fingerprint density at radius 1 is 1.10 bits per heavy atom. The standard InChI is InChI=1S/C22H23FN4O4/c1-13-15-7-5-6-8-16(15)20(29)27(26-13)12-19(28)24-14-9-10-17(23)18(11-14)25-21(30)31-22(2,3)4/h5-11H,12H2,1-4H3,(H,24,28)(H,25,30). The molecule has 2 N–H and O–H groups in total. The second-order valence-electron chi connectivity index (χ2n) is 7.96. The third kappa shape index (κ3) is 5.44. The molecule has 2 aromatic carbocycles. The SMILES string of the molecule is Cc1nn(CC(=O)Nc2ccc(F)c(NC(=O)OC(C)(C)C)c2)c(=O)c2ccccc12. The van der Waals surface area contributed by atoms with Crippen molar-refractivity contribution in [1.29, 1.82) is 0 Å². The van der Waals surface area contributed by atoms with E-state index in [-0.39, 0.29) is 23.5 Å². The molecule has 1 aromatic heterocycles. The van der Waals surface area contributed by atoms with E-state index < -0.39 is 23.4 Å². The first-order valence-corrected chi connectivity index (χ1v) is 9.59. The molecule has 31 heavy (non-hydrogen) atoms. The van der Waals surface area contributed by atoms with Crippen LogP contribution in [0.5, 0.6) is 0 Å². The van der Waals surface area contributed by atoms with E-state index in [1.54, 1.807) is 45.9 Å². The number of halogens is 1. The molecule has 8 nitrogen and oxygen atoms in total. The second-order valence-corrected chi connectivity index (χ2v) is 7.96. The van der Waals surface area contributed by atoms with Gasteiger partial charge in [-0.25, -0.2) is 13.9 Å². The number of hydrogen-bond acceptors (Lipinski definition) is 5. The van der Waals surface area contributed by atoms with Crippen LogP contribution in [0.25, 0.3) is 10.8 Å². The van der Waals surface area contributed by atoms with Crippen molar-refractivity contribution in [3.63, 3.8) is 0 Å². The van der Waals surface area contributed by atoms with Gasteiger partial charge in [0, 0.05) is 11.1 Å². The number of nitrogens with one attached hydrogen (secondary N) is 2. The van der Waals surface area contributed by atoms with Gasteiger partial charge in [0.25, 0.3) is 5.56 Å². The molecule has 162 valence electrons. The summed E-state index contributed by atoms with van der Waals surface area (Å²) in [5, 5.41) is 10.3. The maximum absolute atomic E-state index is 14.1. The largest absolute Gasteiger partial charge is 0.444 e. The number of rotatable bonds is 4. The van der Waals surface area contributed by atoms with Gasteiger partial charge in [0.1, 0.15) is 18.0 Å². The lowest BCUT2D eigenvalue weighted by Crippen LogP contribution is -2.30. The Hall–Kier alpha value is -3.75. The zero-order chi connectivity index (χ0) is 22.8.